The van der Waals surface area contributed by atoms with Crippen molar-refractivity contribution in [1.82, 2.24) is 0 Å². The summed E-state index contributed by atoms with van der Waals surface area (Å²) < 4.78 is 31.5. The number of hydrogen-bond acceptors (Lipinski definition) is 2. The summed E-state index contributed by atoms with van der Waals surface area (Å²) in [5, 5.41) is 0. The SMILES string of the molecule is COc1ccc(CCC(=O)c2cccc(F)c2F)cc1. The van der Waals surface area contributed by atoms with Crippen LogP contribution < -0.4 is 4.74 Å². The van der Waals surface area contributed by atoms with Gasteiger partial charge in [-0.25, -0.2) is 8.78 Å². The van der Waals surface area contributed by atoms with Crippen molar-refractivity contribution in [2.45, 2.75) is 12.8 Å². The van der Waals surface area contributed by atoms with E-state index in [1.54, 1.807) is 19.2 Å². The highest BCUT2D eigenvalue weighted by atomic mass is 19.2. The van der Waals surface area contributed by atoms with E-state index in [0.717, 1.165) is 17.4 Å². The quantitative estimate of drug-likeness (QED) is 0.777. The van der Waals surface area contributed by atoms with Gasteiger partial charge < -0.3 is 4.74 Å². The van der Waals surface area contributed by atoms with Crippen LogP contribution in [0.15, 0.2) is 42.5 Å². The van der Waals surface area contributed by atoms with Crippen LogP contribution in [0.3, 0.4) is 0 Å². The summed E-state index contributed by atoms with van der Waals surface area (Å²) >= 11 is 0. The minimum Gasteiger partial charge on any atom is -0.497 e. The van der Waals surface area contributed by atoms with E-state index >= 15 is 0 Å². The molecule has 2 rings (SSSR count). The average molecular weight is 276 g/mol. The van der Waals surface area contributed by atoms with Crippen LogP contribution in [0.1, 0.15) is 22.3 Å². The Kier molecular flexibility index (Phi) is 4.45. The summed E-state index contributed by atoms with van der Waals surface area (Å²) in [6.07, 6.45) is 0.603. The number of rotatable bonds is 5. The van der Waals surface area contributed by atoms with Gasteiger partial charge in [0.2, 0.25) is 0 Å². The van der Waals surface area contributed by atoms with Crippen molar-refractivity contribution in [2.24, 2.45) is 0 Å². The van der Waals surface area contributed by atoms with E-state index in [1.807, 2.05) is 12.1 Å². The molecule has 4 heteroatoms. The first-order chi connectivity index (χ1) is 9.61. The number of ketones is 1. The summed E-state index contributed by atoms with van der Waals surface area (Å²) in [7, 11) is 1.57. The summed E-state index contributed by atoms with van der Waals surface area (Å²) in [6.45, 7) is 0. The molecule has 0 unspecified atom stereocenters. The van der Waals surface area contributed by atoms with Crippen molar-refractivity contribution in [3.05, 3.63) is 65.2 Å². The number of Topliss-reactive ketones (excluding diaryl/α,β-unsaturated/α-hetero) is 1. The van der Waals surface area contributed by atoms with Crippen LogP contribution >= 0.6 is 0 Å². The summed E-state index contributed by atoms with van der Waals surface area (Å²) in [6, 6.07) is 10.9. The third-order valence-electron chi connectivity index (χ3n) is 3.05. The number of aryl methyl sites for hydroxylation is 1. The Morgan fingerprint density at radius 1 is 1.10 bits per heavy atom. The molecule has 0 aliphatic rings. The largest absolute Gasteiger partial charge is 0.497 e. The van der Waals surface area contributed by atoms with Gasteiger partial charge in [0.25, 0.3) is 0 Å². The molecule has 0 saturated carbocycles. The lowest BCUT2D eigenvalue weighted by atomic mass is 10.0. The van der Waals surface area contributed by atoms with E-state index in [-0.39, 0.29) is 12.0 Å². The maximum atomic E-state index is 13.5. The summed E-state index contributed by atoms with van der Waals surface area (Å²) in [5.41, 5.74) is 0.745. The summed E-state index contributed by atoms with van der Waals surface area (Å²) in [4.78, 5) is 11.9. The van der Waals surface area contributed by atoms with Crippen molar-refractivity contribution in [3.8, 4) is 5.75 Å². The average Bonchev–Trinajstić information content (AvgIpc) is 2.48. The Morgan fingerprint density at radius 3 is 2.45 bits per heavy atom. The van der Waals surface area contributed by atoms with Gasteiger partial charge in [0.05, 0.1) is 12.7 Å². The van der Waals surface area contributed by atoms with Gasteiger partial charge in [0, 0.05) is 6.42 Å². The van der Waals surface area contributed by atoms with Crippen LogP contribution in [0.5, 0.6) is 5.75 Å². The van der Waals surface area contributed by atoms with Crippen LogP contribution in [0.4, 0.5) is 8.78 Å². The molecule has 104 valence electrons. The molecule has 0 bridgehead atoms. The second kappa shape index (κ2) is 6.28. The molecule has 0 spiro atoms. The van der Waals surface area contributed by atoms with E-state index in [0.29, 0.717) is 6.42 Å². The van der Waals surface area contributed by atoms with Gasteiger partial charge in [-0.05, 0) is 36.2 Å². The van der Waals surface area contributed by atoms with Gasteiger partial charge in [0.1, 0.15) is 5.75 Å². The zero-order chi connectivity index (χ0) is 14.5. The number of halogens is 2. The van der Waals surface area contributed by atoms with Gasteiger partial charge in [-0.15, -0.1) is 0 Å². The molecule has 0 saturated heterocycles. The molecular weight excluding hydrogens is 262 g/mol. The van der Waals surface area contributed by atoms with Gasteiger partial charge in [0.15, 0.2) is 17.4 Å². The molecule has 0 radical (unpaired) electrons. The Bertz CT molecular complexity index is 606. The molecular formula is C16H14F2O2. The van der Waals surface area contributed by atoms with Gasteiger partial charge in [-0.2, -0.15) is 0 Å². The van der Waals surface area contributed by atoms with Crippen LogP contribution in [0.25, 0.3) is 0 Å². The normalized spacial score (nSPS) is 10.3. The van der Waals surface area contributed by atoms with Gasteiger partial charge in [-0.3, -0.25) is 4.79 Å². The van der Waals surface area contributed by atoms with Gasteiger partial charge >= 0.3 is 0 Å². The fraction of sp³-hybridized carbons (Fsp3) is 0.188. The molecule has 20 heavy (non-hydrogen) atoms. The van der Waals surface area contributed by atoms with Crippen molar-refractivity contribution >= 4 is 5.78 Å². The topological polar surface area (TPSA) is 26.3 Å². The molecule has 0 N–H and O–H groups in total. The molecule has 0 aliphatic carbocycles. The highest BCUT2D eigenvalue weighted by Crippen LogP contribution is 2.16. The zero-order valence-corrected chi connectivity index (χ0v) is 11.0. The van der Waals surface area contributed by atoms with Crippen LogP contribution in [0, 0.1) is 11.6 Å². The number of methoxy groups -OCH3 is 1. The number of hydrogen-bond donors (Lipinski definition) is 0. The predicted molar refractivity (Wildman–Crippen MR) is 72.0 cm³/mol. The number of ether oxygens (including phenoxy) is 1. The monoisotopic (exact) mass is 276 g/mol. The van der Waals surface area contributed by atoms with E-state index in [1.165, 1.54) is 12.1 Å². The Labute approximate surface area is 116 Å². The first-order valence-corrected chi connectivity index (χ1v) is 6.22. The van der Waals surface area contributed by atoms with Crippen molar-refractivity contribution in [2.75, 3.05) is 7.11 Å². The van der Waals surface area contributed by atoms with Crippen molar-refractivity contribution in [1.29, 1.82) is 0 Å². The minimum atomic E-state index is -1.08. The minimum absolute atomic E-state index is 0.132. The van der Waals surface area contributed by atoms with Gasteiger partial charge in [-0.1, -0.05) is 18.2 Å². The van der Waals surface area contributed by atoms with E-state index < -0.39 is 17.4 Å². The standard InChI is InChI=1S/C16H14F2O2/c1-20-12-8-5-11(6-9-12)7-10-15(19)13-3-2-4-14(17)16(13)18/h2-6,8-9H,7,10H2,1H3. The molecule has 0 aromatic heterocycles. The highest BCUT2D eigenvalue weighted by Gasteiger charge is 2.14. The highest BCUT2D eigenvalue weighted by molar-refractivity contribution is 5.96. The van der Waals surface area contributed by atoms with Crippen molar-refractivity contribution in [3.63, 3.8) is 0 Å². The Hall–Kier alpha value is -2.23. The smallest absolute Gasteiger partial charge is 0.169 e. The van der Waals surface area contributed by atoms with Crippen molar-refractivity contribution < 1.29 is 18.3 Å². The predicted octanol–water partition coefficient (Wildman–Crippen LogP) is 3.79. The molecule has 0 fully saturated rings. The first-order valence-electron chi connectivity index (χ1n) is 6.22. The molecule has 0 atom stereocenters. The third kappa shape index (κ3) is 3.20. The zero-order valence-electron chi connectivity index (χ0n) is 11.0. The first kappa shape index (κ1) is 14.2. The van der Waals surface area contributed by atoms with Crippen LogP contribution in [0.2, 0.25) is 0 Å². The molecule has 0 heterocycles. The van der Waals surface area contributed by atoms with E-state index in [9.17, 15) is 13.6 Å². The lowest BCUT2D eigenvalue weighted by Gasteiger charge is -2.05. The second-order valence-electron chi connectivity index (χ2n) is 4.37. The lowest BCUT2D eigenvalue weighted by Crippen LogP contribution is -2.05. The fourth-order valence-corrected chi connectivity index (χ4v) is 1.90. The van der Waals surface area contributed by atoms with Crippen LogP contribution in [-0.4, -0.2) is 12.9 Å². The lowest BCUT2D eigenvalue weighted by molar-refractivity contribution is 0.0978. The maximum absolute atomic E-state index is 13.5. The molecule has 2 aromatic carbocycles. The molecule has 0 amide bonds. The third-order valence-corrected chi connectivity index (χ3v) is 3.05. The number of carbonyl (C=O) groups is 1. The molecule has 0 aliphatic heterocycles. The van der Waals surface area contributed by atoms with E-state index in [4.69, 9.17) is 4.74 Å². The Balaban J connectivity index is 2.02. The maximum Gasteiger partial charge on any atom is 0.169 e. The summed E-state index contributed by atoms with van der Waals surface area (Å²) in [5.74, 6) is -1.75. The van der Waals surface area contributed by atoms with E-state index in [2.05, 4.69) is 0 Å². The van der Waals surface area contributed by atoms with Crippen LogP contribution in [-0.2, 0) is 6.42 Å². The number of benzene rings is 2. The molecule has 2 nitrogen and oxygen atoms in total. The number of carbonyl (C=O) groups excluding carboxylic acids is 1. The Morgan fingerprint density at radius 2 is 1.80 bits per heavy atom. The molecule has 2 aromatic rings. The fourth-order valence-electron chi connectivity index (χ4n) is 1.90. The second-order valence-corrected chi connectivity index (χ2v) is 4.37.